The number of fused-ring (bicyclic) bond motifs is 5. The number of hydrogen-bond acceptors (Lipinski definition) is 3. The van der Waals surface area contributed by atoms with Crippen LogP contribution in [0.3, 0.4) is 0 Å². The second-order valence-corrected chi connectivity index (χ2v) is 10.5. The highest BCUT2D eigenvalue weighted by Crippen LogP contribution is 2.64. The van der Waals surface area contributed by atoms with Crippen LogP contribution in [0.25, 0.3) is 0 Å². The molecule has 4 aliphatic carbocycles. The number of rotatable bonds is 5. The lowest BCUT2D eigenvalue weighted by Gasteiger charge is -2.57. The molecule has 5 rings (SSSR count). The Morgan fingerprint density at radius 3 is 2.76 bits per heavy atom. The molecule has 0 aromatic carbocycles. The molecule has 0 aliphatic heterocycles. The summed E-state index contributed by atoms with van der Waals surface area (Å²) in [5, 5.41) is 0. The Morgan fingerprint density at radius 2 is 1.93 bits per heavy atom. The van der Waals surface area contributed by atoms with Gasteiger partial charge in [0.05, 0.1) is 12.4 Å². The molecule has 6 unspecified atom stereocenters. The molecule has 1 aromatic rings. The predicted octanol–water partition coefficient (Wildman–Crippen LogP) is 5.19. The minimum atomic E-state index is -0.00566. The molecule has 0 spiro atoms. The third-order valence-electron chi connectivity index (χ3n) is 9.23. The van der Waals surface area contributed by atoms with Crippen LogP contribution in [0.5, 0.6) is 0 Å². The predicted molar refractivity (Wildman–Crippen MR) is 113 cm³/mol. The number of imidazole rings is 1. The Balaban J connectivity index is 1.23. The van der Waals surface area contributed by atoms with Gasteiger partial charge < -0.3 is 9.30 Å². The fourth-order valence-electron chi connectivity index (χ4n) is 7.50. The maximum Gasteiger partial charge on any atom is 0.139 e. The van der Waals surface area contributed by atoms with Gasteiger partial charge in [-0.1, -0.05) is 25.5 Å². The molecule has 0 bridgehead atoms. The lowest BCUT2D eigenvalue weighted by Crippen LogP contribution is -2.50. The Kier molecular flexibility index (Phi) is 4.97. The van der Waals surface area contributed by atoms with Crippen molar-refractivity contribution in [3.8, 4) is 0 Å². The van der Waals surface area contributed by atoms with Crippen LogP contribution in [0.15, 0.2) is 30.4 Å². The van der Waals surface area contributed by atoms with Gasteiger partial charge in [0.1, 0.15) is 5.78 Å². The molecule has 0 amide bonds. The first-order valence-electron chi connectivity index (χ1n) is 11.8. The quantitative estimate of drug-likeness (QED) is 0.508. The van der Waals surface area contributed by atoms with Crippen LogP contribution in [0, 0.1) is 28.6 Å². The molecule has 4 nitrogen and oxygen atoms in total. The second-order valence-electron chi connectivity index (χ2n) is 10.5. The Morgan fingerprint density at radius 1 is 1.10 bits per heavy atom. The lowest BCUT2D eigenvalue weighted by molar-refractivity contribution is -0.132. The minimum Gasteiger partial charge on any atom is -0.374 e. The summed E-state index contributed by atoms with van der Waals surface area (Å²) in [5.41, 5.74) is 2.00. The maximum atomic E-state index is 12.6. The van der Waals surface area contributed by atoms with Gasteiger partial charge in [0.2, 0.25) is 0 Å². The van der Waals surface area contributed by atoms with Gasteiger partial charge in [-0.3, -0.25) is 4.79 Å². The van der Waals surface area contributed by atoms with Crippen LogP contribution in [0.1, 0.15) is 71.6 Å². The van der Waals surface area contributed by atoms with Crippen molar-refractivity contribution >= 4 is 5.78 Å². The monoisotopic (exact) mass is 396 g/mol. The van der Waals surface area contributed by atoms with Gasteiger partial charge in [-0.15, -0.1) is 0 Å². The van der Waals surface area contributed by atoms with Gasteiger partial charge in [0.25, 0.3) is 0 Å². The third kappa shape index (κ3) is 3.22. The number of aromatic nitrogens is 2. The number of ketones is 1. The standard InChI is InChI=1S/C25H36N2O2/c1-24-10-8-19(29-15-3-13-27-14-12-26-17-27)16-18(24)4-5-20-21-6-7-23(28)25(21,2)11-9-22(20)24/h12,14,16-17,19-22H,3-11,13,15H2,1-2H3. The topological polar surface area (TPSA) is 44.1 Å². The molecule has 0 radical (unpaired) electrons. The summed E-state index contributed by atoms with van der Waals surface area (Å²) in [5.74, 6) is 2.73. The van der Waals surface area contributed by atoms with E-state index in [1.54, 1.807) is 5.57 Å². The average molecular weight is 397 g/mol. The van der Waals surface area contributed by atoms with Crippen LogP contribution >= 0.6 is 0 Å². The number of carbonyl (C=O) groups excluding carboxylic acids is 1. The first-order chi connectivity index (χ1) is 14.0. The van der Waals surface area contributed by atoms with Crippen LogP contribution < -0.4 is 0 Å². The largest absolute Gasteiger partial charge is 0.374 e. The summed E-state index contributed by atoms with van der Waals surface area (Å²) in [4.78, 5) is 16.7. The normalized spacial score (nSPS) is 41.4. The van der Waals surface area contributed by atoms with E-state index in [9.17, 15) is 4.79 Å². The molecule has 0 saturated heterocycles. The highest BCUT2D eigenvalue weighted by atomic mass is 16.5. The average Bonchev–Trinajstić information content (AvgIpc) is 3.33. The van der Waals surface area contributed by atoms with Crippen molar-refractivity contribution in [3.63, 3.8) is 0 Å². The van der Waals surface area contributed by atoms with E-state index >= 15 is 0 Å². The Hall–Kier alpha value is -1.42. The van der Waals surface area contributed by atoms with Crippen molar-refractivity contribution in [3.05, 3.63) is 30.4 Å². The molecule has 1 aromatic heterocycles. The van der Waals surface area contributed by atoms with Crippen molar-refractivity contribution in [2.24, 2.45) is 28.6 Å². The molecule has 0 N–H and O–H groups in total. The smallest absolute Gasteiger partial charge is 0.139 e. The lowest BCUT2D eigenvalue weighted by atomic mass is 9.47. The maximum absolute atomic E-state index is 12.6. The third-order valence-corrected chi connectivity index (χ3v) is 9.23. The summed E-state index contributed by atoms with van der Waals surface area (Å²) >= 11 is 0. The molecule has 29 heavy (non-hydrogen) atoms. The highest BCUT2D eigenvalue weighted by Gasteiger charge is 2.58. The SMILES string of the molecule is CC12CCC3C(CCC4=CC(OCCCn5ccnc5)CCC43C)C1CCC2=O. The van der Waals surface area contributed by atoms with Gasteiger partial charge in [-0.2, -0.15) is 0 Å². The zero-order valence-corrected chi connectivity index (χ0v) is 18.1. The molecule has 4 aliphatic rings. The van der Waals surface area contributed by atoms with Crippen molar-refractivity contribution in [1.82, 2.24) is 9.55 Å². The van der Waals surface area contributed by atoms with Gasteiger partial charge in [-0.05, 0) is 74.5 Å². The molecule has 6 atom stereocenters. The number of allylic oxidation sites excluding steroid dienone is 1. The van der Waals surface area contributed by atoms with E-state index in [1.165, 1.54) is 25.7 Å². The van der Waals surface area contributed by atoms with E-state index in [-0.39, 0.29) is 5.41 Å². The highest BCUT2D eigenvalue weighted by molar-refractivity contribution is 5.87. The number of ether oxygens (including phenoxy) is 1. The summed E-state index contributed by atoms with van der Waals surface area (Å²) in [6.07, 6.45) is 18.8. The van der Waals surface area contributed by atoms with E-state index in [4.69, 9.17) is 4.74 Å². The fraction of sp³-hybridized carbons (Fsp3) is 0.760. The van der Waals surface area contributed by atoms with Gasteiger partial charge >= 0.3 is 0 Å². The number of aryl methyl sites for hydroxylation is 1. The zero-order valence-electron chi connectivity index (χ0n) is 18.1. The van der Waals surface area contributed by atoms with Crippen LogP contribution in [0.4, 0.5) is 0 Å². The Bertz CT molecular complexity index is 785. The molecule has 158 valence electrons. The van der Waals surface area contributed by atoms with Crippen molar-refractivity contribution < 1.29 is 9.53 Å². The van der Waals surface area contributed by atoms with Crippen molar-refractivity contribution in [2.75, 3.05) is 6.61 Å². The van der Waals surface area contributed by atoms with E-state index in [1.807, 2.05) is 18.7 Å². The fourth-order valence-corrected chi connectivity index (χ4v) is 7.50. The first kappa shape index (κ1) is 19.5. The number of carbonyl (C=O) groups is 1. The second kappa shape index (κ2) is 7.37. The van der Waals surface area contributed by atoms with Gasteiger partial charge in [-0.25, -0.2) is 4.98 Å². The molecule has 1 heterocycles. The number of hydrogen-bond donors (Lipinski definition) is 0. The summed E-state index contributed by atoms with van der Waals surface area (Å²) in [7, 11) is 0. The summed E-state index contributed by atoms with van der Waals surface area (Å²) in [6, 6.07) is 0. The van der Waals surface area contributed by atoms with E-state index < -0.39 is 0 Å². The zero-order chi connectivity index (χ0) is 20.1. The molecule has 3 saturated carbocycles. The molecule has 3 fully saturated rings. The molecule has 4 heteroatoms. The van der Waals surface area contributed by atoms with E-state index in [0.29, 0.717) is 23.2 Å². The number of Topliss-reactive ketones (excluding diaryl/α,β-unsaturated/α-hetero) is 1. The van der Waals surface area contributed by atoms with Crippen LogP contribution in [-0.4, -0.2) is 28.0 Å². The molecular weight excluding hydrogens is 360 g/mol. The first-order valence-corrected chi connectivity index (χ1v) is 11.8. The van der Waals surface area contributed by atoms with E-state index in [0.717, 1.165) is 57.1 Å². The van der Waals surface area contributed by atoms with E-state index in [2.05, 4.69) is 29.5 Å². The summed E-state index contributed by atoms with van der Waals surface area (Å²) in [6.45, 7) is 6.61. The van der Waals surface area contributed by atoms with Gasteiger partial charge in [0.15, 0.2) is 0 Å². The Labute approximate surface area is 175 Å². The number of nitrogens with zero attached hydrogens (tertiary/aromatic N) is 2. The van der Waals surface area contributed by atoms with Crippen molar-refractivity contribution in [2.45, 2.75) is 84.3 Å². The van der Waals surface area contributed by atoms with Crippen LogP contribution in [0.2, 0.25) is 0 Å². The minimum absolute atomic E-state index is 0.00566. The van der Waals surface area contributed by atoms with Crippen LogP contribution in [-0.2, 0) is 16.1 Å². The molecular formula is C25H36N2O2. The van der Waals surface area contributed by atoms with Gasteiger partial charge in [0, 0.05) is 37.4 Å². The summed E-state index contributed by atoms with van der Waals surface area (Å²) < 4.78 is 8.37. The van der Waals surface area contributed by atoms with Crippen molar-refractivity contribution in [1.29, 1.82) is 0 Å².